The molecule has 0 spiro atoms. The maximum absolute atomic E-state index is 6.06. The smallest absolute Gasteiger partial charge is 0.231 e. The summed E-state index contributed by atoms with van der Waals surface area (Å²) >= 11 is 0. The quantitative estimate of drug-likeness (QED) is 0.420. The fraction of sp³-hybridized carbons (Fsp3) is 0.611. The molecule has 4 unspecified atom stereocenters. The number of hydrogen-bond donors (Lipinski definition) is 1. The molecule has 5 rings (SSSR count). The molecule has 136 valence electrons. The third-order valence-electron chi connectivity index (χ3n) is 5.85. The van der Waals surface area contributed by atoms with Crippen molar-refractivity contribution in [2.45, 2.75) is 31.6 Å². The number of likely N-dealkylation sites (tertiary alicyclic amines) is 1. The highest BCUT2D eigenvalue weighted by Gasteiger charge is 2.53. The average Bonchev–Trinajstić information content (AvgIpc) is 3.35. The molecule has 2 bridgehead atoms. The highest BCUT2D eigenvalue weighted by molar-refractivity contribution is 14.0. The summed E-state index contributed by atoms with van der Waals surface area (Å²) in [4.78, 5) is 6.89. The van der Waals surface area contributed by atoms with Gasteiger partial charge in [-0.3, -0.25) is 4.99 Å². The van der Waals surface area contributed by atoms with Crippen LogP contribution in [0.4, 0.5) is 0 Å². The van der Waals surface area contributed by atoms with E-state index in [1.807, 2.05) is 19.2 Å². The van der Waals surface area contributed by atoms with Crippen LogP contribution < -0.4 is 14.8 Å². The Morgan fingerprint density at radius 3 is 2.60 bits per heavy atom. The molecule has 0 saturated carbocycles. The standard InChI is InChI=1S/C18H23N3O3.HI/c1-19-18(20-7-11-2-3-16-17(6-11)23-10-22-16)21-8-12-13(9-21)15-5-4-14(12)24-15;/h2-3,6,12-15H,4-5,7-10H2,1H3,(H,19,20);1H. The second kappa shape index (κ2) is 6.83. The van der Waals surface area contributed by atoms with Crippen LogP contribution in [0.1, 0.15) is 18.4 Å². The first-order valence-electron chi connectivity index (χ1n) is 8.81. The Balaban J connectivity index is 0.00000157. The van der Waals surface area contributed by atoms with E-state index in [0.717, 1.165) is 37.1 Å². The van der Waals surface area contributed by atoms with Crippen LogP contribution in [-0.2, 0) is 11.3 Å². The van der Waals surface area contributed by atoms with Crippen molar-refractivity contribution in [2.24, 2.45) is 16.8 Å². The molecule has 0 aromatic heterocycles. The van der Waals surface area contributed by atoms with E-state index < -0.39 is 0 Å². The summed E-state index contributed by atoms with van der Waals surface area (Å²) in [7, 11) is 1.86. The predicted molar refractivity (Wildman–Crippen MR) is 105 cm³/mol. The number of benzene rings is 1. The summed E-state index contributed by atoms with van der Waals surface area (Å²) < 4.78 is 16.9. The third-order valence-corrected chi connectivity index (χ3v) is 5.85. The van der Waals surface area contributed by atoms with Crippen LogP contribution in [-0.4, -0.2) is 50.0 Å². The molecular formula is C18H24IN3O3. The van der Waals surface area contributed by atoms with Crippen LogP contribution in [0.25, 0.3) is 0 Å². The summed E-state index contributed by atoms with van der Waals surface area (Å²) in [5, 5.41) is 3.50. The molecule has 7 heteroatoms. The van der Waals surface area contributed by atoms with Gasteiger partial charge in [0.25, 0.3) is 0 Å². The van der Waals surface area contributed by atoms with Gasteiger partial charge in [-0.05, 0) is 30.5 Å². The van der Waals surface area contributed by atoms with Gasteiger partial charge < -0.3 is 24.4 Å². The van der Waals surface area contributed by atoms with Crippen LogP contribution in [0.15, 0.2) is 23.2 Å². The van der Waals surface area contributed by atoms with Gasteiger partial charge in [-0.15, -0.1) is 24.0 Å². The number of fused-ring (bicyclic) bond motifs is 6. The van der Waals surface area contributed by atoms with Crippen LogP contribution in [0.5, 0.6) is 11.5 Å². The molecule has 1 aromatic carbocycles. The molecule has 1 aromatic rings. The van der Waals surface area contributed by atoms with Gasteiger partial charge in [0.1, 0.15) is 0 Å². The second-order valence-electron chi connectivity index (χ2n) is 7.11. The number of rotatable bonds is 2. The van der Waals surface area contributed by atoms with E-state index >= 15 is 0 Å². The molecule has 0 aliphatic carbocycles. The van der Waals surface area contributed by atoms with Crippen LogP contribution in [0.3, 0.4) is 0 Å². The van der Waals surface area contributed by atoms with E-state index in [1.165, 1.54) is 18.4 Å². The molecule has 4 heterocycles. The first-order valence-corrected chi connectivity index (χ1v) is 8.81. The molecule has 4 aliphatic rings. The molecule has 25 heavy (non-hydrogen) atoms. The molecule has 4 aliphatic heterocycles. The van der Waals surface area contributed by atoms with Gasteiger partial charge in [-0.1, -0.05) is 6.07 Å². The van der Waals surface area contributed by atoms with Gasteiger partial charge in [-0.25, -0.2) is 0 Å². The van der Waals surface area contributed by atoms with Crippen LogP contribution in [0, 0.1) is 11.8 Å². The number of halogens is 1. The summed E-state index contributed by atoms with van der Waals surface area (Å²) in [6.45, 7) is 3.17. The van der Waals surface area contributed by atoms with Gasteiger partial charge in [0, 0.05) is 38.5 Å². The minimum atomic E-state index is 0. The first kappa shape index (κ1) is 17.2. The van der Waals surface area contributed by atoms with Gasteiger partial charge in [0.2, 0.25) is 6.79 Å². The minimum absolute atomic E-state index is 0. The van der Waals surface area contributed by atoms with Crippen molar-refractivity contribution < 1.29 is 14.2 Å². The lowest BCUT2D eigenvalue weighted by Crippen LogP contribution is -2.40. The highest BCUT2D eigenvalue weighted by Crippen LogP contribution is 2.47. The van der Waals surface area contributed by atoms with E-state index in [9.17, 15) is 0 Å². The summed E-state index contributed by atoms with van der Waals surface area (Å²) in [6.07, 6.45) is 3.44. The van der Waals surface area contributed by atoms with Crippen molar-refractivity contribution in [1.82, 2.24) is 10.2 Å². The molecule has 0 radical (unpaired) electrons. The van der Waals surface area contributed by atoms with E-state index in [-0.39, 0.29) is 24.0 Å². The Bertz CT molecular complexity index is 666. The van der Waals surface area contributed by atoms with E-state index in [1.54, 1.807) is 0 Å². The minimum Gasteiger partial charge on any atom is -0.454 e. The molecule has 1 N–H and O–H groups in total. The maximum Gasteiger partial charge on any atom is 0.231 e. The Labute approximate surface area is 164 Å². The van der Waals surface area contributed by atoms with E-state index in [4.69, 9.17) is 14.2 Å². The first-order chi connectivity index (χ1) is 11.8. The molecule has 3 fully saturated rings. The molecule has 6 nitrogen and oxygen atoms in total. The Morgan fingerprint density at radius 1 is 1.16 bits per heavy atom. The lowest BCUT2D eigenvalue weighted by atomic mass is 9.82. The fourth-order valence-electron chi connectivity index (χ4n) is 4.70. The Hall–Kier alpha value is -1.22. The monoisotopic (exact) mass is 457 g/mol. The fourth-order valence-corrected chi connectivity index (χ4v) is 4.70. The number of nitrogens with zero attached hydrogens (tertiary/aromatic N) is 2. The van der Waals surface area contributed by atoms with Gasteiger partial charge in [-0.2, -0.15) is 0 Å². The lowest BCUT2D eigenvalue weighted by molar-refractivity contribution is 0.0767. The number of hydrogen-bond acceptors (Lipinski definition) is 4. The number of guanidine groups is 1. The van der Waals surface area contributed by atoms with Crippen LogP contribution >= 0.6 is 24.0 Å². The van der Waals surface area contributed by atoms with Gasteiger partial charge in [0.05, 0.1) is 12.2 Å². The summed E-state index contributed by atoms with van der Waals surface area (Å²) in [5.74, 6) is 4.02. The summed E-state index contributed by atoms with van der Waals surface area (Å²) in [6, 6.07) is 6.08. The second-order valence-corrected chi connectivity index (χ2v) is 7.11. The van der Waals surface area contributed by atoms with E-state index in [2.05, 4.69) is 21.3 Å². The average molecular weight is 457 g/mol. The normalized spacial score (nSPS) is 31.9. The Morgan fingerprint density at radius 2 is 1.88 bits per heavy atom. The van der Waals surface area contributed by atoms with Crippen molar-refractivity contribution in [2.75, 3.05) is 26.9 Å². The molecule has 4 atom stereocenters. The van der Waals surface area contributed by atoms with Gasteiger partial charge >= 0.3 is 0 Å². The number of ether oxygens (including phenoxy) is 3. The number of nitrogens with one attached hydrogen (secondary N) is 1. The zero-order chi connectivity index (χ0) is 16.1. The molecular weight excluding hydrogens is 433 g/mol. The molecule has 0 amide bonds. The Kier molecular flexibility index (Phi) is 4.70. The SMILES string of the molecule is CN=C(NCc1ccc2c(c1)OCO2)N1CC2C3CCC(O3)C2C1.I. The number of aliphatic imine (C=N–C) groups is 1. The van der Waals surface area contributed by atoms with Crippen molar-refractivity contribution in [3.8, 4) is 11.5 Å². The van der Waals surface area contributed by atoms with E-state index in [0.29, 0.717) is 30.8 Å². The molecule has 3 saturated heterocycles. The van der Waals surface area contributed by atoms with Crippen molar-refractivity contribution >= 4 is 29.9 Å². The lowest BCUT2D eigenvalue weighted by Gasteiger charge is -2.23. The zero-order valence-corrected chi connectivity index (χ0v) is 16.6. The van der Waals surface area contributed by atoms with Gasteiger partial charge in [0.15, 0.2) is 17.5 Å². The topological polar surface area (TPSA) is 55.3 Å². The van der Waals surface area contributed by atoms with Crippen molar-refractivity contribution in [3.05, 3.63) is 23.8 Å². The highest BCUT2D eigenvalue weighted by atomic mass is 127. The predicted octanol–water partition coefficient (Wildman–Crippen LogP) is 2.22. The maximum atomic E-state index is 6.06. The van der Waals surface area contributed by atoms with Crippen LogP contribution in [0.2, 0.25) is 0 Å². The largest absolute Gasteiger partial charge is 0.454 e. The third kappa shape index (κ3) is 2.95. The van der Waals surface area contributed by atoms with Crippen molar-refractivity contribution in [3.63, 3.8) is 0 Å². The summed E-state index contributed by atoms with van der Waals surface area (Å²) in [5.41, 5.74) is 1.17. The van der Waals surface area contributed by atoms with Crippen molar-refractivity contribution in [1.29, 1.82) is 0 Å². The zero-order valence-electron chi connectivity index (χ0n) is 14.3.